The first-order valence-electron chi connectivity index (χ1n) is 7.43. The number of carbonyl (C=O) groups excluding carboxylic acids is 3. The Bertz CT molecular complexity index is 668. The molecule has 122 valence electrons. The molecule has 0 atom stereocenters. The van der Waals surface area contributed by atoms with Gasteiger partial charge in [-0.3, -0.25) is 4.79 Å². The molecule has 0 aromatic heterocycles. The average molecular weight is 317 g/mol. The lowest BCUT2D eigenvalue weighted by Crippen LogP contribution is -2.51. The van der Waals surface area contributed by atoms with Crippen LogP contribution in [-0.4, -0.2) is 34.2 Å². The fourth-order valence-electron chi connectivity index (χ4n) is 2.97. The molecule has 4 amide bonds. The number of carbonyl (C=O) groups is 3. The summed E-state index contributed by atoms with van der Waals surface area (Å²) in [5.41, 5.74) is 2.54. The van der Waals surface area contributed by atoms with Crippen LogP contribution in [0, 0.1) is 0 Å². The van der Waals surface area contributed by atoms with Gasteiger partial charge in [-0.1, -0.05) is 24.3 Å². The second-order valence-corrected chi connectivity index (χ2v) is 6.89. The number of fused-ring (bicyclic) bond motifs is 1. The van der Waals surface area contributed by atoms with E-state index in [0.717, 1.165) is 11.1 Å². The molecule has 1 aromatic carbocycles. The smallest absolute Gasteiger partial charge is 0.427 e. The Kier molecular flexibility index (Phi) is 3.31. The molecule has 23 heavy (non-hydrogen) atoms. The highest BCUT2D eigenvalue weighted by Gasteiger charge is 2.55. The summed E-state index contributed by atoms with van der Waals surface area (Å²) in [4.78, 5) is 36.6. The second-order valence-electron chi connectivity index (χ2n) is 6.89. The Morgan fingerprint density at radius 1 is 1.22 bits per heavy atom. The van der Waals surface area contributed by atoms with Gasteiger partial charge in [0, 0.05) is 12.8 Å². The van der Waals surface area contributed by atoms with Crippen molar-refractivity contribution >= 4 is 18.0 Å². The van der Waals surface area contributed by atoms with E-state index in [4.69, 9.17) is 4.74 Å². The summed E-state index contributed by atoms with van der Waals surface area (Å²) in [5.74, 6) is -0.468. The van der Waals surface area contributed by atoms with Crippen LogP contribution in [0.2, 0.25) is 0 Å². The van der Waals surface area contributed by atoms with Crippen molar-refractivity contribution in [3.05, 3.63) is 35.4 Å². The van der Waals surface area contributed by atoms with Crippen molar-refractivity contribution in [1.82, 2.24) is 15.8 Å². The van der Waals surface area contributed by atoms with Gasteiger partial charge in [-0.2, -0.15) is 5.01 Å². The summed E-state index contributed by atoms with van der Waals surface area (Å²) in [6.45, 7) is 5.11. The Morgan fingerprint density at radius 3 is 2.30 bits per heavy atom. The van der Waals surface area contributed by atoms with Gasteiger partial charge in [0.05, 0.1) is 0 Å². The Balaban J connectivity index is 1.76. The quantitative estimate of drug-likeness (QED) is 0.769. The molecule has 1 spiro atoms. The van der Waals surface area contributed by atoms with Crippen LogP contribution in [0.25, 0.3) is 0 Å². The van der Waals surface area contributed by atoms with E-state index in [-0.39, 0.29) is 0 Å². The molecular weight excluding hydrogens is 298 g/mol. The highest BCUT2D eigenvalue weighted by atomic mass is 16.6. The van der Waals surface area contributed by atoms with Crippen molar-refractivity contribution in [2.75, 3.05) is 0 Å². The third kappa shape index (κ3) is 2.74. The van der Waals surface area contributed by atoms with E-state index in [1.807, 2.05) is 24.3 Å². The number of urea groups is 1. The standard InChI is InChI=1S/C16H19N3O4/c1-15(2,3)23-14(22)18-19-12(20)16(17-13(19)21)8-10-6-4-5-7-11(10)9-16/h4-7H,8-9H2,1-3H3,(H,17,21)(H,18,22). The molecule has 1 aromatic rings. The summed E-state index contributed by atoms with van der Waals surface area (Å²) >= 11 is 0. The number of hydrogen-bond donors (Lipinski definition) is 2. The molecule has 2 N–H and O–H groups in total. The van der Waals surface area contributed by atoms with E-state index in [1.165, 1.54) is 0 Å². The van der Waals surface area contributed by atoms with Crippen LogP contribution in [-0.2, 0) is 22.4 Å². The summed E-state index contributed by atoms with van der Waals surface area (Å²) in [6.07, 6.45) is -0.00548. The van der Waals surface area contributed by atoms with Gasteiger partial charge < -0.3 is 10.1 Å². The Hall–Kier alpha value is -2.57. The van der Waals surface area contributed by atoms with E-state index in [2.05, 4.69) is 10.7 Å². The fourth-order valence-corrected chi connectivity index (χ4v) is 2.97. The van der Waals surface area contributed by atoms with E-state index in [0.29, 0.717) is 17.9 Å². The van der Waals surface area contributed by atoms with Crippen molar-refractivity contribution in [3.63, 3.8) is 0 Å². The topological polar surface area (TPSA) is 87.7 Å². The van der Waals surface area contributed by atoms with Gasteiger partial charge in [-0.05, 0) is 31.9 Å². The molecular formula is C16H19N3O4. The van der Waals surface area contributed by atoms with Crippen molar-refractivity contribution in [2.45, 2.75) is 44.8 Å². The summed E-state index contributed by atoms with van der Waals surface area (Å²) in [6, 6.07) is 7.03. The number of nitrogens with zero attached hydrogens (tertiary/aromatic N) is 1. The van der Waals surface area contributed by atoms with Crippen molar-refractivity contribution in [1.29, 1.82) is 0 Å². The molecule has 7 heteroatoms. The molecule has 0 saturated carbocycles. The van der Waals surface area contributed by atoms with Gasteiger partial charge in [0.1, 0.15) is 11.1 Å². The first kappa shape index (κ1) is 15.3. The molecule has 0 unspecified atom stereocenters. The second kappa shape index (κ2) is 4.97. The average Bonchev–Trinajstić information content (AvgIpc) is 2.89. The zero-order chi connectivity index (χ0) is 16.8. The third-order valence-electron chi connectivity index (χ3n) is 3.87. The van der Waals surface area contributed by atoms with Crippen LogP contribution >= 0.6 is 0 Å². The lowest BCUT2D eigenvalue weighted by Gasteiger charge is -2.23. The van der Waals surface area contributed by atoms with Crippen LogP contribution in [0.4, 0.5) is 9.59 Å². The molecule has 1 saturated heterocycles. The molecule has 1 aliphatic heterocycles. The molecule has 0 radical (unpaired) electrons. The van der Waals surface area contributed by atoms with Crippen LogP contribution in [0.15, 0.2) is 24.3 Å². The molecule has 1 fully saturated rings. The lowest BCUT2D eigenvalue weighted by molar-refractivity contribution is -0.133. The highest BCUT2D eigenvalue weighted by Crippen LogP contribution is 2.34. The molecule has 0 bridgehead atoms. The maximum Gasteiger partial charge on any atom is 0.427 e. The third-order valence-corrected chi connectivity index (χ3v) is 3.87. The van der Waals surface area contributed by atoms with E-state index >= 15 is 0 Å². The van der Waals surface area contributed by atoms with Gasteiger partial charge in [0.15, 0.2) is 0 Å². The molecule has 1 heterocycles. The van der Waals surface area contributed by atoms with Gasteiger partial charge in [-0.25, -0.2) is 15.0 Å². The zero-order valence-electron chi connectivity index (χ0n) is 13.3. The molecule has 7 nitrogen and oxygen atoms in total. The molecule has 2 aliphatic rings. The van der Waals surface area contributed by atoms with Crippen LogP contribution < -0.4 is 10.7 Å². The van der Waals surface area contributed by atoms with Crippen LogP contribution in [0.5, 0.6) is 0 Å². The van der Waals surface area contributed by atoms with Crippen molar-refractivity contribution < 1.29 is 19.1 Å². The largest absolute Gasteiger partial charge is 0.443 e. The number of rotatable bonds is 1. The summed E-state index contributed by atoms with van der Waals surface area (Å²) in [7, 11) is 0. The first-order valence-corrected chi connectivity index (χ1v) is 7.43. The van der Waals surface area contributed by atoms with Gasteiger partial charge in [0.25, 0.3) is 5.91 Å². The van der Waals surface area contributed by atoms with Gasteiger partial charge in [-0.15, -0.1) is 0 Å². The fraction of sp³-hybridized carbons (Fsp3) is 0.438. The number of ether oxygens (including phenoxy) is 1. The maximum absolute atomic E-state index is 12.7. The highest BCUT2D eigenvalue weighted by molar-refractivity contribution is 6.08. The minimum absolute atomic E-state index is 0.417. The van der Waals surface area contributed by atoms with Crippen molar-refractivity contribution in [2.24, 2.45) is 0 Å². The summed E-state index contributed by atoms with van der Waals surface area (Å²) in [5, 5.41) is 3.42. The Labute approximate surface area is 133 Å². The number of benzene rings is 1. The predicted octanol–water partition coefficient (Wildman–Crippen LogP) is 1.52. The molecule has 3 rings (SSSR count). The normalized spacial score (nSPS) is 18.8. The van der Waals surface area contributed by atoms with E-state index in [1.54, 1.807) is 20.8 Å². The monoisotopic (exact) mass is 317 g/mol. The zero-order valence-corrected chi connectivity index (χ0v) is 13.3. The number of hydrazine groups is 1. The number of nitrogens with one attached hydrogen (secondary N) is 2. The molecule has 1 aliphatic carbocycles. The number of imide groups is 1. The van der Waals surface area contributed by atoms with Crippen molar-refractivity contribution in [3.8, 4) is 0 Å². The minimum atomic E-state index is -1.02. The van der Waals surface area contributed by atoms with Gasteiger partial charge in [0.2, 0.25) is 0 Å². The number of amides is 4. The first-order chi connectivity index (χ1) is 10.7. The summed E-state index contributed by atoms with van der Waals surface area (Å²) < 4.78 is 5.09. The van der Waals surface area contributed by atoms with Crippen LogP contribution in [0.1, 0.15) is 31.9 Å². The predicted molar refractivity (Wildman–Crippen MR) is 81.3 cm³/mol. The Morgan fingerprint density at radius 2 is 1.78 bits per heavy atom. The van der Waals surface area contributed by atoms with Crippen LogP contribution in [0.3, 0.4) is 0 Å². The number of hydrogen-bond acceptors (Lipinski definition) is 4. The lowest BCUT2D eigenvalue weighted by atomic mass is 9.96. The van der Waals surface area contributed by atoms with Gasteiger partial charge >= 0.3 is 12.1 Å². The van der Waals surface area contributed by atoms with E-state index < -0.39 is 29.2 Å². The SMILES string of the molecule is CC(C)(C)OC(=O)NN1C(=O)NC2(Cc3ccccc3C2)C1=O. The maximum atomic E-state index is 12.7. The van der Waals surface area contributed by atoms with E-state index in [9.17, 15) is 14.4 Å². The minimum Gasteiger partial charge on any atom is -0.443 e.